The first-order chi connectivity index (χ1) is 9.10. The molecule has 100 valence electrons. The van der Waals surface area contributed by atoms with Crippen molar-refractivity contribution in [2.45, 2.75) is 25.6 Å². The topological polar surface area (TPSA) is 9.23 Å². The fourth-order valence-corrected chi connectivity index (χ4v) is 2.43. The van der Waals surface area contributed by atoms with Crippen molar-refractivity contribution >= 4 is 27.5 Å². The van der Waals surface area contributed by atoms with Gasteiger partial charge in [-0.15, -0.1) is 11.6 Å². The van der Waals surface area contributed by atoms with Crippen LogP contribution in [0.25, 0.3) is 0 Å². The van der Waals surface area contributed by atoms with E-state index in [1.54, 1.807) is 0 Å². The quantitative estimate of drug-likeness (QED) is 0.611. The fraction of sp³-hybridized carbons (Fsp3) is 0.250. The second-order valence-corrected chi connectivity index (χ2v) is 5.90. The van der Waals surface area contributed by atoms with E-state index in [-0.39, 0.29) is 0 Å². The Hall–Kier alpha value is -0.990. The molecule has 19 heavy (non-hydrogen) atoms. The average molecular weight is 340 g/mol. The lowest BCUT2D eigenvalue weighted by Crippen LogP contribution is -1.94. The van der Waals surface area contributed by atoms with E-state index in [2.05, 4.69) is 35.8 Å². The van der Waals surface area contributed by atoms with Crippen LogP contribution >= 0.6 is 27.5 Å². The van der Waals surface area contributed by atoms with Gasteiger partial charge in [0.25, 0.3) is 0 Å². The molecule has 0 heterocycles. The number of halogens is 2. The maximum atomic E-state index is 5.99. The molecule has 0 radical (unpaired) electrons. The summed E-state index contributed by atoms with van der Waals surface area (Å²) >= 11 is 9.34. The van der Waals surface area contributed by atoms with Crippen LogP contribution in [0.1, 0.15) is 30.9 Å². The molecule has 2 aromatic rings. The number of benzene rings is 2. The molecule has 0 bridgehead atoms. The monoisotopic (exact) mass is 338 g/mol. The summed E-state index contributed by atoms with van der Waals surface area (Å²) in [5, 5.41) is 0. The molecule has 0 amide bonds. The third-order valence-electron chi connectivity index (χ3n) is 2.87. The van der Waals surface area contributed by atoms with E-state index in [9.17, 15) is 0 Å². The van der Waals surface area contributed by atoms with Gasteiger partial charge >= 0.3 is 0 Å². The zero-order chi connectivity index (χ0) is 13.8. The van der Waals surface area contributed by atoms with Crippen LogP contribution in [0.4, 0.5) is 0 Å². The number of rotatable bonds is 4. The molecule has 3 heteroatoms. The highest BCUT2D eigenvalue weighted by Gasteiger charge is 2.09. The lowest BCUT2D eigenvalue weighted by Gasteiger charge is -2.14. The minimum absolute atomic E-state index is 0.406. The molecule has 0 unspecified atom stereocenters. The molecule has 2 aromatic carbocycles. The highest BCUT2D eigenvalue weighted by molar-refractivity contribution is 9.10. The zero-order valence-corrected chi connectivity index (χ0v) is 13.3. The molecule has 0 aliphatic carbocycles. The maximum absolute atomic E-state index is 5.99. The Labute approximate surface area is 127 Å². The van der Waals surface area contributed by atoms with Gasteiger partial charge in [-0.2, -0.15) is 0 Å². The summed E-state index contributed by atoms with van der Waals surface area (Å²) in [6.45, 7) is 4.31. The Kier molecular flexibility index (Phi) is 4.89. The van der Waals surface area contributed by atoms with Crippen LogP contribution < -0.4 is 4.74 Å². The van der Waals surface area contributed by atoms with Crippen molar-refractivity contribution in [3.63, 3.8) is 0 Å². The van der Waals surface area contributed by atoms with Crippen LogP contribution in [0, 0.1) is 0 Å². The molecule has 1 nitrogen and oxygen atoms in total. The van der Waals surface area contributed by atoms with Crippen molar-refractivity contribution in [1.29, 1.82) is 0 Å². The van der Waals surface area contributed by atoms with Crippen LogP contribution in [0.15, 0.2) is 46.9 Å². The lowest BCUT2D eigenvalue weighted by molar-refractivity contribution is 0.472. The molecular weight excluding hydrogens is 324 g/mol. The number of alkyl halides is 1. The van der Waals surface area contributed by atoms with E-state index in [1.807, 2.05) is 36.4 Å². The van der Waals surface area contributed by atoms with Gasteiger partial charge in [0.05, 0.1) is 0 Å². The van der Waals surface area contributed by atoms with Crippen LogP contribution in [0.3, 0.4) is 0 Å². The summed E-state index contributed by atoms with van der Waals surface area (Å²) in [5.41, 5.74) is 2.24. The van der Waals surface area contributed by atoms with Crippen molar-refractivity contribution in [3.05, 3.63) is 58.1 Å². The molecule has 2 rings (SSSR count). The minimum atomic E-state index is 0.406. The Bertz CT molecular complexity index is 566. The van der Waals surface area contributed by atoms with Gasteiger partial charge in [0.1, 0.15) is 11.5 Å². The normalized spacial score (nSPS) is 10.8. The second kappa shape index (κ2) is 6.44. The van der Waals surface area contributed by atoms with E-state index in [0.29, 0.717) is 11.8 Å². The van der Waals surface area contributed by atoms with Crippen molar-refractivity contribution in [3.8, 4) is 11.5 Å². The summed E-state index contributed by atoms with van der Waals surface area (Å²) in [6, 6.07) is 14.0. The second-order valence-electron chi connectivity index (χ2n) is 4.72. The predicted molar refractivity (Wildman–Crippen MR) is 84.3 cm³/mol. The van der Waals surface area contributed by atoms with Gasteiger partial charge in [-0.3, -0.25) is 0 Å². The van der Waals surface area contributed by atoms with Gasteiger partial charge in [-0.05, 0) is 47.4 Å². The van der Waals surface area contributed by atoms with Gasteiger partial charge in [0.15, 0.2) is 0 Å². The molecule has 0 fully saturated rings. The highest BCUT2D eigenvalue weighted by atomic mass is 79.9. The molecule has 0 aromatic heterocycles. The molecule has 0 saturated heterocycles. The van der Waals surface area contributed by atoms with Gasteiger partial charge in [0, 0.05) is 10.4 Å². The Morgan fingerprint density at radius 2 is 1.95 bits per heavy atom. The first-order valence-electron chi connectivity index (χ1n) is 6.22. The Morgan fingerprint density at radius 1 is 1.16 bits per heavy atom. The predicted octanol–water partition coefficient (Wildman–Crippen LogP) is 6.10. The summed E-state index contributed by atoms with van der Waals surface area (Å²) < 4.78 is 7.06. The molecule has 0 spiro atoms. The number of hydrogen-bond donors (Lipinski definition) is 0. The van der Waals surface area contributed by atoms with Gasteiger partial charge in [-0.25, -0.2) is 0 Å². The van der Waals surface area contributed by atoms with E-state index in [4.69, 9.17) is 16.3 Å². The van der Waals surface area contributed by atoms with E-state index >= 15 is 0 Å². The van der Waals surface area contributed by atoms with E-state index < -0.39 is 0 Å². The maximum Gasteiger partial charge on any atom is 0.130 e. The lowest BCUT2D eigenvalue weighted by atomic mass is 10.0. The van der Waals surface area contributed by atoms with E-state index in [0.717, 1.165) is 21.5 Å². The average Bonchev–Trinajstić information content (AvgIpc) is 2.41. The molecular formula is C16H16BrClO. The fourth-order valence-electron chi connectivity index (χ4n) is 1.88. The van der Waals surface area contributed by atoms with Crippen LogP contribution in [-0.2, 0) is 5.88 Å². The SMILES string of the molecule is CC(C)c1cc(Br)ccc1Oc1cccc(CCl)c1. The Balaban J connectivity index is 2.32. The van der Waals surface area contributed by atoms with Gasteiger partial charge in [-0.1, -0.05) is 41.9 Å². The smallest absolute Gasteiger partial charge is 0.130 e. The summed E-state index contributed by atoms with van der Waals surface area (Å²) in [4.78, 5) is 0. The largest absolute Gasteiger partial charge is 0.457 e. The summed E-state index contributed by atoms with van der Waals surface area (Å²) in [7, 11) is 0. The van der Waals surface area contributed by atoms with Crippen molar-refractivity contribution in [2.24, 2.45) is 0 Å². The van der Waals surface area contributed by atoms with E-state index in [1.165, 1.54) is 5.56 Å². The van der Waals surface area contributed by atoms with Crippen LogP contribution in [0.5, 0.6) is 11.5 Å². The summed E-state index contributed by atoms with van der Waals surface area (Å²) in [5.74, 6) is 2.62. The molecule has 0 aliphatic heterocycles. The highest BCUT2D eigenvalue weighted by Crippen LogP contribution is 2.33. The summed E-state index contributed by atoms with van der Waals surface area (Å²) in [6.07, 6.45) is 0. The van der Waals surface area contributed by atoms with Gasteiger partial charge < -0.3 is 4.74 Å². The number of ether oxygens (including phenoxy) is 1. The van der Waals surface area contributed by atoms with Crippen molar-refractivity contribution < 1.29 is 4.74 Å². The van der Waals surface area contributed by atoms with Crippen molar-refractivity contribution in [2.75, 3.05) is 0 Å². The molecule has 0 saturated carbocycles. The Morgan fingerprint density at radius 3 is 2.63 bits per heavy atom. The first-order valence-corrected chi connectivity index (χ1v) is 7.55. The third kappa shape index (κ3) is 3.74. The van der Waals surface area contributed by atoms with Crippen molar-refractivity contribution in [1.82, 2.24) is 0 Å². The third-order valence-corrected chi connectivity index (χ3v) is 3.68. The zero-order valence-electron chi connectivity index (χ0n) is 11.0. The molecule has 0 atom stereocenters. The minimum Gasteiger partial charge on any atom is -0.457 e. The first kappa shape index (κ1) is 14.4. The number of hydrogen-bond acceptors (Lipinski definition) is 1. The van der Waals surface area contributed by atoms with Crippen LogP contribution in [-0.4, -0.2) is 0 Å². The molecule has 0 N–H and O–H groups in total. The standard InChI is InChI=1S/C16H16BrClO/c1-11(2)15-9-13(17)6-7-16(15)19-14-5-3-4-12(8-14)10-18/h3-9,11H,10H2,1-2H3. The van der Waals surface area contributed by atoms with Crippen LogP contribution in [0.2, 0.25) is 0 Å². The van der Waals surface area contributed by atoms with Gasteiger partial charge in [0.2, 0.25) is 0 Å². The molecule has 0 aliphatic rings.